The molecule has 0 unspecified atom stereocenters. The van der Waals surface area contributed by atoms with Gasteiger partial charge in [0.15, 0.2) is 0 Å². The highest BCUT2D eigenvalue weighted by Crippen LogP contribution is 2.36. The number of hydrogen-bond donors (Lipinski definition) is 1. The van der Waals surface area contributed by atoms with Crippen LogP contribution in [0.5, 0.6) is 0 Å². The molecule has 1 N–H and O–H groups in total. The second-order valence-corrected chi connectivity index (χ2v) is 6.89. The Balaban J connectivity index is 1.78. The molecular formula is C16H17ClF3N3O3. The number of carboxylic acid groups (broad SMARTS) is 1. The molecule has 2 saturated heterocycles. The molecule has 0 radical (unpaired) electrons. The first-order valence-electron chi connectivity index (χ1n) is 8.19. The molecule has 3 heterocycles. The van der Waals surface area contributed by atoms with Crippen LogP contribution >= 0.6 is 11.6 Å². The van der Waals surface area contributed by atoms with E-state index in [1.165, 1.54) is 4.90 Å². The molecule has 1 aromatic heterocycles. The number of hydrogen-bond acceptors (Lipinski definition) is 4. The molecular weight excluding hydrogens is 375 g/mol. The number of alkyl halides is 3. The van der Waals surface area contributed by atoms with E-state index in [1.54, 1.807) is 4.90 Å². The van der Waals surface area contributed by atoms with Gasteiger partial charge in [0.1, 0.15) is 11.9 Å². The summed E-state index contributed by atoms with van der Waals surface area (Å²) in [5.74, 6) is -1.61. The van der Waals surface area contributed by atoms with Gasteiger partial charge in [0.25, 0.3) is 0 Å². The number of rotatable bonds is 3. The Morgan fingerprint density at radius 3 is 2.58 bits per heavy atom. The molecule has 1 amide bonds. The van der Waals surface area contributed by atoms with Crippen LogP contribution in [0.15, 0.2) is 12.3 Å². The lowest BCUT2D eigenvalue weighted by Gasteiger charge is -2.29. The lowest BCUT2D eigenvalue weighted by Crippen LogP contribution is -2.45. The monoisotopic (exact) mass is 391 g/mol. The quantitative estimate of drug-likeness (QED) is 0.857. The van der Waals surface area contributed by atoms with Crippen molar-refractivity contribution in [2.45, 2.75) is 31.5 Å². The molecule has 2 aliphatic heterocycles. The van der Waals surface area contributed by atoms with Crippen LogP contribution in [0.3, 0.4) is 0 Å². The molecule has 10 heteroatoms. The number of carbonyl (C=O) groups excluding carboxylic acids is 1. The van der Waals surface area contributed by atoms with Gasteiger partial charge in [-0.3, -0.25) is 9.59 Å². The Morgan fingerprint density at radius 1 is 1.27 bits per heavy atom. The highest BCUT2D eigenvalue weighted by molar-refractivity contribution is 6.33. The molecule has 2 aliphatic rings. The normalized spacial score (nSPS) is 23.5. The van der Waals surface area contributed by atoms with E-state index >= 15 is 0 Å². The number of pyridine rings is 1. The van der Waals surface area contributed by atoms with Crippen molar-refractivity contribution in [2.24, 2.45) is 5.92 Å². The largest absolute Gasteiger partial charge is 0.481 e. The van der Waals surface area contributed by atoms with E-state index in [1.807, 2.05) is 0 Å². The highest BCUT2D eigenvalue weighted by Gasteiger charge is 2.40. The van der Waals surface area contributed by atoms with E-state index in [4.69, 9.17) is 16.7 Å². The molecule has 26 heavy (non-hydrogen) atoms. The fraction of sp³-hybridized carbons (Fsp3) is 0.562. The molecule has 2 fully saturated rings. The minimum absolute atomic E-state index is 0.143. The molecule has 0 saturated carbocycles. The lowest BCUT2D eigenvalue weighted by atomic mass is 10.1. The van der Waals surface area contributed by atoms with Crippen LogP contribution in [0.25, 0.3) is 0 Å². The Kier molecular flexibility index (Phi) is 5.01. The van der Waals surface area contributed by atoms with Crippen molar-refractivity contribution in [2.75, 3.05) is 24.5 Å². The van der Waals surface area contributed by atoms with E-state index in [0.29, 0.717) is 38.5 Å². The van der Waals surface area contributed by atoms with E-state index in [-0.39, 0.29) is 23.3 Å². The number of likely N-dealkylation sites (tertiary alicyclic amines) is 1. The van der Waals surface area contributed by atoms with Crippen LogP contribution in [0.2, 0.25) is 5.02 Å². The van der Waals surface area contributed by atoms with Crippen molar-refractivity contribution in [3.8, 4) is 0 Å². The minimum atomic E-state index is -4.54. The maximum Gasteiger partial charge on any atom is 0.417 e. The average Bonchev–Trinajstić information content (AvgIpc) is 3.23. The third-order valence-electron chi connectivity index (χ3n) is 4.81. The molecule has 0 aromatic carbocycles. The van der Waals surface area contributed by atoms with Crippen molar-refractivity contribution < 1.29 is 27.9 Å². The maximum absolute atomic E-state index is 12.8. The van der Waals surface area contributed by atoms with Crippen LogP contribution in [0.4, 0.5) is 19.0 Å². The van der Waals surface area contributed by atoms with Gasteiger partial charge >= 0.3 is 12.1 Å². The van der Waals surface area contributed by atoms with Gasteiger partial charge in [-0.1, -0.05) is 11.6 Å². The first-order valence-corrected chi connectivity index (χ1v) is 8.57. The number of carbonyl (C=O) groups is 2. The Bertz CT molecular complexity index is 728. The van der Waals surface area contributed by atoms with Crippen LogP contribution in [0.1, 0.15) is 24.8 Å². The second kappa shape index (κ2) is 6.94. The smallest absolute Gasteiger partial charge is 0.417 e. The first kappa shape index (κ1) is 18.8. The van der Waals surface area contributed by atoms with E-state index in [9.17, 15) is 22.8 Å². The molecule has 0 bridgehead atoms. The SMILES string of the molecule is O=C(O)[C@@H]1CCN(C(=O)[C@@H]2CCCN2c2ncc(C(F)(F)F)cc2Cl)C1. The van der Waals surface area contributed by atoms with Crippen molar-refractivity contribution in [3.63, 3.8) is 0 Å². The van der Waals surface area contributed by atoms with Gasteiger partial charge in [0.05, 0.1) is 16.5 Å². The summed E-state index contributed by atoms with van der Waals surface area (Å²) in [6, 6.07) is 0.212. The number of aromatic nitrogens is 1. The molecule has 3 rings (SSSR count). The third-order valence-corrected chi connectivity index (χ3v) is 5.09. The summed E-state index contributed by atoms with van der Waals surface area (Å²) in [4.78, 5) is 30.8. The zero-order chi connectivity index (χ0) is 19.1. The average molecular weight is 392 g/mol. The minimum Gasteiger partial charge on any atom is -0.481 e. The lowest BCUT2D eigenvalue weighted by molar-refractivity contribution is -0.141. The fourth-order valence-electron chi connectivity index (χ4n) is 3.45. The van der Waals surface area contributed by atoms with Gasteiger partial charge in [0, 0.05) is 25.8 Å². The molecule has 0 aliphatic carbocycles. The van der Waals surface area contributed by atoms with Crippen LogP contribution in [-0.2, 0) is 15.8 Å². The Hall–Kier alpha value is -2.03. The van der Waals surface area contributed by atoms with Gasteiger partial charge < -0.3 is 14.9 Å². The second-order valence-electron chi connectivity index (χ2n) is 6.49. The highest BCUT2D eigenvalue weighted by atomic mass is 35.5. The fourth-order valence-corrected chi connectivity index (χ4v) is 3.72. The summed E-state index contributed by atoms with van der Waals surface area (Å²) in [5.41, 5.74) is -0.947. The van der Waals surface area contributed by atoms with E-state index in [2.05, 4.69) is 4.98 Å². The Labute approximate surface area is 152 Å². The predicted molar refractivity (Wildman–Crippen MR) is 86.9 cm³/mol. The van der Waals surface area contributed by atoms with Crippen LogP contribution in [-0.4, -0.2) is 52.5 Å². The zero-order valence-corrected chi connectivity index (χ0v) is 14.4. The van der Waals surface area contributed by atoms with E-state index in [0.717, 1.165) is 6.07 Å². The number of anilines is 1. The summed E-state index contributed by atoms with van der Waals surface area (Å²) in [7, 11) is 0. The predicted octanol–water partition coefficient (Wildman–Crippen LogP) is 2.66. The maximum atomic E-state index is 12.8. The summed E-state index contributed by atoms with van der Waals surface area (Å²) < 4.78 is 38.3. The van der Waals surface area contributed by atoms with Gasteiger partial charge in [-0.15, -0.1) is 0 Å². The summed E-state index contributed by atoms with van der Waals surface area (Å²) in [6.07, 6.45) is -2.25. The van der Waals surface area contributed by atoms with Gasteiger partial charge in [0.2, 0.25) is 5.91 Å². The molecule has 142 valence electrons. The van der Waals surface area contributed by atoms with Gasteiger partial charge in [-0.05, 0) is 25.3 Å². The molecule has 1 aromatic rings. The zero-order valence-electron chi connectivity index (χ0n) is 13.7. The number of halogens is 4. The van der Waals surface area contributed by atoms with Crippen LogP contribution < -0.4 is 4.90 Å². The number of nitrogens with zero attached hydrogens (tertiary/aromatic N) is 3. The topological polar surface area (TPSA) is 73.7 Å². The third kappa shape index (κ3) is 3.58. The van der Waals surface area contributed by atoms with Crippen molar-refractivity contribution in [1.29, 1.82) is 0 Å². The summed E-state index contributed by atoms with van der Waals surface area (Å²) in [6.45, 7) is 0.950. The number of amides is 1. The first-order chi connectivity index (χ1) is 12.2. The Morgan fingerprint density at radius 2 is 2.00 bits per heavy atom. The number of carboxylic acids is 1. The van der Waals surface area contributed by atoms with Gasteiger partial charge in [-0.2, -0.15) is 13.2 Å². The number of aliphatic carboxylic acids is 1. The molecule has 6 nitrogen and oxygen atoms in total. The van der Waals surface area contributed by atoms with Gasteiger partial charge in [-0.25, -0.2) is 4.98 Å². The van der Waals surface area contributed by atoms with Crippen molar-refractivity contribution >= 4 is 29.3 Å². The molecule has 2 atom stereocenters. The van der Waals surface area contributed by atoms with Crippen molar-refractivity contribution in [3.05, 3.63) is 22.8 Å². The molecule has 0 spiro atoms. The standard InChI is InChI=1S/C16H17ClF3N3O3/c17-11-6-10(16(18,19)20)7-21-13(11)23-4-1-2-12(23)14(24)22-5-3-9(8-22)15(25)26/h6-7,9,12H,1-5,8H2,(H,25,26)/t9-,12+/m1/s1. The van der Waals surface area contributed by atoms with E-state index < -0.39 is 29.7 Å². The van der Waals surface area contributed by atoms with Crippen LogP contribution in [0, 0.1) is 5.92 Å². The summed E-state index contributed by atoms with van der Waals surface area (Å²) in [5, 5.41) is 8.91. The summed E-state index contributed by atoms with van der Waals surface area (Å²) >= 11 is 6.00. The van der Waals surface area contributed by atoms with Crippen molar-refractivity contribution in [1.82, 2.24) is 9.88 Å².